The molecule has 0 fully saturated rings. The third-order valence-electron chi connectivity index (χ3n) is 3.81. The lowest BCUT2D eigenvalue weighted by molar-refractivity contribution is -0.385. The summed E-state index contributed by atoms with van der Waals surface area (Å²) in [6, 6.07) is 9.89. The van der Waals surface area contributed by atoms with E-state index in [0.29, 0.717) is 5.69 Å². The van der Waals surface area contributed by atoms with E-state index in [0.717, 1.165) is 0 Å². The highest BCUT2D eigenvalue weighted by molar-refractivity contribution is 5.99. The largest absolute Gasteiger partial charge is 0.449 e. The molecule has 0 spiro atoms. The average Bonchev–Trinajstić information content (AvgIpc) is 2.61. The van der Waals surface area contributed by atoms with Crippen LogP contribution in [-0.2, 0) is 9.53 Å². The number of benzene rings is 2. The normalized spacial score (nSPS) is 11.3. The summed E-state index contributed by atoms with van der Waals surface area (Å²) in [7, 11) is 0. The lowest BCUT2D eigenvalue weighted by atomic mass is 10.1. The first-order chi connectivity index (χ1) is 12.7. The van der Waals surface area contributed by atoms with Crippen LogP contribution in [0.3, 0.4) is 0 Å². The molecule has 0 saturated carbocycles. The van der Waals surface area contributed by atoms with Crippen molar-refractivity contribution in [3.63, 3.8) is 0 Å². The molecule has 0 heterocycles. The number of nitrogens with one attached hydrogen (secondary N) is 1. The molecule has 0 radical (unpaired) electrons. The van der Waals surface area contributed by atoms with E-state index in [1.165, 1.54) is 56.3 Å². The maximum absolute atomic E-state index is 12.3. The number of nitrogens with two attached hydrogens (primary N) is 1. The summed E-state index contributed by atoms with van der Waals surface area (Å²) in [6.45, 7) is 2.80. The Morgan fingerprint density at radius 2 is 1.78 bits per heavy atom. The molecule has 0 bridgehead atoms. The van der Waals surface area contributed by atoms with Gasteiger partial charge in [0, 0.05) is 22.9 Å². The number of nitrogens with zero attached hydrogens (tertiary/aromatic N) is 1. The highest BCUT2D eigenvalue weighted by Crippen LogP contribution is 2.22. The smallest absolute Gasteiger partial charge is 0.339 e. The second-order valence-electron chi connectivity index (χ2n) is 5.69. The molecule has 27 heavy (non-hydrogen) atoms. The van der Waals surface area contributed by atoms with Crippen molar-refractivity contribution < 1.29 is 24.0 Å². The summed E-state index contributed by atoms with van der Waals surface area (Å²) in [5.41, 5.74) is 5.76. The first-order valence-electron chi connectivity index (χ1n) is 7.86. The highest BCUT2D eigenvalue weighted by atomic mass is 16.6. The average molecular weight is 371 g/mol. The number of hydrogen-bond acceptors (Lipinski definition) is 6. The van der Waals surface area contributed by atoms with Crippen LogP contribution in [0.2, 0.25) is 0 Å². The van der Waals surface area contributed by atoms with Crippen LogP contribution in [0.5, 0.6) is 0 Å². The standard InChI is InChI=1S/C18H17N3O6/c1-10-14(4-3-5-15(10)21(25)26)18(24)27-11(2)17(23)20-13-8-6-12(7-9-13)16(19)22/h3-9,11H,1-2H3,(H2,19,22)(H,20,23)/t11-/m1/s1. The summed E-state index contributed by atoms with van der Waals surface area (Å²) < 4.78 is 5.10. The lowest BCUT2D eigenvalue weighted by Gasteiger charge is -2.14. The Labute approximate surface area is 154 Å². The molecule has 2 aromatic carbocycles. The van der Waals surface area contributed by atoms with Crippen LogP contribution in [0.1, 0.15) is 33.2 Å². The van der Waals surface area contributed by atoms with Crippen LogP contribution in [0.4, 0.5) is 11.4 Å². The molecule has 3 N–H and O–H groups in total. The van der Waals surface area contributed by atoms with Gasteiger partial charge in [0.1, 0.15) is 0 Å². The van der Waals surface area contributed by atoms with Crippen molar-refractivity contribution in [3.05, 3.63) is 69.3 Å². The molecule has 9 nitrogen and oxygen atoms in total. The molecule has 0 unspecified atom stereocenters. The SMILES string of the molecule is Cc1c(C(=O)O[C@H](C)C(=O)Nc2ccc(C(N)=O)cc2)cccc1[N+](=O)[O-]. The molecule has 0 aliphatic rings. The first-order valence-corrected chi connectivity index (χ1v) is 7.86. The zero-order valence-corrected chi connectivity index (χ0v) is 14.6. The van der Waals surface area contributed by atoms with E-state index in [4.69, 9.17) is 10.5 Å². The van der Waals surface area contributed by atoms with Gasteiger partial charge in [-0.1, -0.05) is 6.07 Å². The van der Waals surface area contributed by atoms with E-state index in [9.17, 15) is 24.5 Å². The molecular weight excluding hydrogens is 354 g/mol. The van der Waals surface area contributed by atoms with Gasteiger partial charge in [0.2, 0.25) is 5.91 Å². The number of carbonyl (C=O) groups is 3. The first kappa shape index (κ1) is 19.6. The Balaban J connectivity index is 2.05. The summed E-state index contributed by atoms with van der Waals surface area (Å²) in [5.74, 6) is -2.04. The zero-order valence-electron chi connectivity index (χ0n) is 14.6. The number of esters is 1. The van der Waals surface area contributed by atoms with E-state index in [1.54, 1.807) is 0 Å². The van der Waals surface area contributed by atoms with Crippen molar-refractivity contribution in [1.29, 1.82) is 0 Å². The third kappa shape index (κ3) is 4.66. The highest BCUT2D eigenvalue weighted by Gasteiger charge is 2.23. The fourth-order valence-electron chi connectivity index (χ4n) is 2.28. The van der Waals surface area contributed by atoms with Crippen LogP contribution >= 0.6 is 0 Å². The second-order valence-corrected chi connectivity index (χ2v) is 5.69. The Kier molecular flexibility index (Phi) is 5.86. The second kappa shape index (κ2) is 8.09. The number of primary amides is 1. The Morgan fingerprint density at radius 1 is 1.15 bits per heavy atom. The number of hydrogen-bond donors (Lipinski definition) is 2. The number of nitro benzene ring substituents is 1. The Bertz CT molecular complexity index is 908. The van der Waals surface area contributed by atoms with E-state index < -0.39 is 28.8 Å². The van der Waals surface area contributed by atoms with Gasteiger partial charge in [-0.3, -0.25) is 19.7 Å². The fraction of sp³-hybridized carbons (Fsp3) is 0.167. The number of rotatable bonds is 6. The molecular formula is C18H17N3O6. The van der Waals surface area contributed by atoms with Crippen LogP contribution in [0, 0.1) is 17.0 Å². The van der Waals surface area contributed by atoms with E-state index in [-0.39, 0.29) is 22.4 Å². The van der Waals surface area contributed by atoms with Crippen molar-refractivity contribution in [2.45, 2.75) is 20.0 Å². The fourth-order valence-corrected chi connectivity index (χ4v) is 2.28. The molecule has 2 aromatic rings. The van der Waals surface area contributed by atoms with Gasteiger partial charge in [0.25, 0.3) is 11.6 Å². The van der Waals surface area contributed by atoms with Crippen LogP contribution in [0.15, 0.2) is 42.5 Å². The number of amides is 2. The van der Waals surface area contributed by atoms with Crippen molar-refractivity contribution in [3.8, 4) is 0 Å². The predicted molar refractivity (Wildman–Crippen MR) is 96.3 cm³/mol. The van der Waals surface area contributed by atoms with E-state index >= 15 is 0 Å². The van der Waals surface area contributed by atoms with Gasteiger partial charge in [-0.2, -0.15) is 0 Å². The summed E-state index contributed by atoms with van der Waals surface area (Å²) in [6.07, 6.45) is -1.15. The van der Waals surface area contributed by atoms with Crippen molar-refractivity contribution in [2.24, 2.45) is 5.73 Å². The molecule has 9 heteroatoms. The van der Waals surface area contributed by atoms with Gasteiger partial charge in [0.15, 0.2) is 6.10 Å². The molecule has 0 saturated heterocycles. The van der Waals surface area contributed by atoms with Crippen LogP contribution in [0.25, 0.3) is 0 Å². The van der Waals surface area contributed by atoms with Crippen LogP contribution < -0.4 is 11.1 Å². The van der Waals surface area contributed by atoms with E-state index in [1.807, 2.05) is 0 Å². The van der Waals surface area contributed by atoms with Gasteiger partial charge in [-0.15, -0.1) is 0 Å². The van der Waals surface area contributed by atoms with Crippen molar-refractivity contribution in [2.75, 3.05) is 5.32 Å². The quantitative estimate of drug-likeness (QED) is 0.453. The van der Waals surface area contributed by atoms with Crippen molar-refractivity contribution >= 4 is 29.2 Å². The Hall–Kier alpha value is -3.75. The van der Waals surface area contributed by atoms with Gasteiger partial charge < -0.3 is 15.8 Å². The lowest BCUT2D eigenvalue weighted by Crippen LogP contribution is -2.30. The minimum atomic E-state index is -1.15. The van der Waals surface area contributed by atoms with Gasteiger partial charge in [-0.05, 0) is 44.2 Å². The molecule has 1 atom stereocenters. The maximum atomic E-state index is 12.3. The Morgan fingerprint density at radius 3 is 2.33 bits per heavy atom. The molecule has 0 aromatic heterocycles. The number of ether oxygens (including phenoxy) is 1. The summed E-state index contributed by atoms with van der Waals surface area (Å²) >= 11 is 0. The topological polar surface area (TPSA) is 142 Å². The van der Waals surface area contributed by atoms with Crippen molar-refractivity contribution in [1.82, 2.24) is 0 Å². The number of anilines is 1. The molecule has 2 amide bonds. The molecule has 0 aliphatic heterocycles. The minimum Gasteiger partial charge on any atom is -0.449 e. The number of nitro groups is 1. The monoisotopic (exact) mass is 371 g/mol. The molecule has 2 rings (SSSR count). The molecule has 140 valence electrons. The van der Waals surface area contributed by atoms with Gasteiger partial charge in [-0.25, -0.2) is 4.79 Å². The van der Waals surface area contributed by atoms with Gasteiger partial charge >= 0.3 is 5.97 Å². The maximum Gasteiger partial charge on any atom is 0.339 e. The minimum absolute atomic E-state index is 0.00895. The number of carbonyl (C=O) groups excluding carboxylic acids is 3. The third-order valence-corrected chi connectivity index (χ3v) is 3.81. The zero-order chi connectivity index (χ0) is 20.1. The molecule has 0 aliphatic carbocycles. The summed E-state index contributed by atoms with van der Waals surface area (Å²) in [4.78, 5) is 45.8. The van der Waals surface area contributed by atoms with Gasteiger partial charge in [0.05, 0.1) is 10.5 Å². The van der Waals surface area contributed by atoms with E-state index in [2.05, 4.69) is 5.32 Å². The van der Waals surface area contributed by atoms with Crippen LogP contribution in [-0.4, -0.2) is 28.8 Å². The summed E-state index contributed by atoms with van der Waals surface area (Å²) in [5, 5.41) is 13.5. The predicted octanol–water partition coefficient (Wildman–Crippen LogP) is 2.19.